The van der Waals surface area contributed by atoms with Gasteiger partial charge >= 0.3 is 0 Å². The van der Waals surface area contributed by atoms with Crippen LogP contribution in [-0.2, 0) is 6.54 Å². The van der Waals surface area contributed by atoms with E-state index in [0.29, 0.717) is 0 Å². The molecule has 16 heavy (non-hydrogen) atoms. The highest BCUT2D eigenvalue weighted by Gasteiger charge is 2.16. The normalized spacial score (nSPS) is 12.9. The SMILES string of the molecule is CCn1cc(C(NN)c2csc(C)n2)cn1. The van der Waals surface area contributed by atoms with Crippen molar-refractivity contribution in [2.45, 2.75) is 26.4 Å². The maximum Gasteiger partial charge on any atom is 0.0920 e. The first kappa shape index (κ1) is 11.3. The molecule has 0 aromatic carbocycles. The monoisotopic (exact) mass is 237 g/mol. The summed E-state index contributed by atoms with van der Waals surface area (Å²) in [6, 6.07) is -0.0785. The van der Waals surface area contributed by atoms with E-state index >= 15 is 0 Å². The van der Waals surface area contributed by atoms with E-state index in [4.69, 9.17) is 5.84 Å². The summed E-state index contributed by atoms with van der Waals surface area (Å²) in [7, 11) is 0. The standard InChI is InChI=1S/C10H15N5S/c1-3-15-5-8(4-12-15)10(14-11)9-6-16-7(2)13-9/h4-6,10,14H,3,11H2,1-2H3. The second-order valence-corrected chi connectivity index (χ2v) is 4.58. The number of aromatic nitrogens is 3. The number of aryl methyl sites for hydroxylation is 2. The van der Waals surface area contributed by atoms with Crippen LogP contribution in [0.25, 0.3) is 0 Å². The molecule has 0 radical (unpaired) electrons. The number of thiazole rings is 1. The van der Waals surface area contributed by atoms with Gasteiger partial charge in [-0.2, -0.15) is 5.10 Å². The van der Waals surface area contributed by atoms with E-state index in [9.17, 15) is 0 Å². The van der Waals surface area contributed by atoms with Crippen molar-refractivity contribution in [2.24, 2.45) is 5.84 Å². The summed E-state index contributed by atoms with van der Waals surface area (Å²) < 4.78 is 1.87. The summed E-state index contributed by atoms with van der Waals surface area (Å²) >= 11 is 1.62. The second-order valence-electron chi connectivity index (χ2n) is 3.52. The lowest BCUT2D eigenvalue weighted by Gasteiger charge is -2.10. The summed E-state index contributed by atoms with van der Waals surface area (Å²) in [5.74, 6) is 5.57. The number of nitrogens with one attached hydrogen (secondary N) is 1. The van der Waals surface area contributed by atoms with Crippen LogP contribution in [0.3, 0.4) is 0 Å². The molecule has 0 fully saturated rings. The van der Waals surface area contributed by atoms with Gasteiger partial charge < -0.3 is 0 Å². The Bertz CT molecular complexity index is 461. The van der Waals surface area contributed by atoms with Gasteiger partial charge in [0.25, 0.3) is 0 Å². The maximum absolute atomic E-state index is 5.57. The van der Waals surface area contributed by atoms with Gasteiger partial charge in [0.05, 0.1) is 22.9 Å². The Morgan fingerprint density at radius 2 is 2.44 bits per heavy atom. The molecule has 0 amide bonds. The molecule has 0 spiro atoms. The van der Waals surface area contributed by atoms with E-state index in [1.807, 2.05) is 29.4 Å². The largest absolute Gasteiger partial charge is 0.273 e. The minimum Gasteiger partial charge on any atom is -0.273 e. The number of hydrogen-bond acceptors (Lipinski definition) is 5. The van der Waals surface area contributed by atoms with Crippen molar-refractivity contribution in [3.05, 3.63) is 34.0 Å². The summed E-state index contributed by atoms with van der Waals surface area (Å²) in [6.07, 6.45) is 3.81. The highest BCUT2D eigenvalue weighted by atomic mass is 32.1. The lowest BCUT2D eigenvalue weighted by atomic mass is 10.1. The molecule has 0 saturated heterocycles. The van der Waals surface area contributed by atoms with Gasteiger partial charge in [0.2, 0.25) is 0 Å². The Morgan fingerprint density at radius 1 is 1.62 bits per heavy atom. The molecule has 2 rings (SSSR count). The van der Waals surface area contributed by atoms with Crippen LogP contribution < -0.4 is 11.3 Å². The fraction of sp³-hybridized carbons (Fsp3) is 0.400. The van der Waals surface area contributed by atoms with Crippen LogP contribution in [0.15, 0.2) is 17.8 Å². The van der Waals surface area contributed by atoms with Crippen LogP contribution in [0.4, 0.5) is 0 Å². The molecule has 2 heterocycles. The van der Waals surface area contributed by atoms with Crippen LogP contribution in [0.2, 0.25) is 0 Å². The molecule has 86 valence electrons. The Balaban J connectivity index is 2.28. The third-order valence-corrected chi connectivity index (χ3v) is 3.20. The quantitative estimate of drug-likeness (QED) is 0.619. The fourth-order valence-corrected chi connectivity index (χ4v) is 2.20. The number of nitrogens with zero attached hydrogens (tertiary/aromatic N) is 3. The van der Waals surface area contributed by atoms with Gasteiger partial charge in [0.15, 0.2) is 0 Å². The van der Waals surface area contributed by atoms with Gasteiger partial charge in [-0.1, -0.05) is 0 Å². The molecule has 0 bridgehead atoms. The third-order valence-electron chi connectivity index (χ3n) is 2.41. The van der Waals surface area contributed by atoms with Crippen molar-refractivity contribution in [2.75, 3.05) is 0 Å². The predicted octanol–water partition coefficient (Wildman–Crippen LogP) is 1.22. The molecule has 5 nitrogen and oxygen atoms in total. The lowest BCUT2D eigenvalue weighted by Crippen LogP contribution is -2.28. The highest BCUT2D eigenvalue weighted by Crippen LogP contribution is 2.22. The fourth-order valence-electron chi connectivity index (χ4n) is 1.57. The minimum absolute atomic E-state index is 0.0785. The average molecular weight is 237 g/mol. The van der Waals surface area contributed by atoms with E-state index in [1.54, 1.807) is 11.3 Å². The van der Waals surface area contributed by atoms with Gasteiger partial charge in [0.1, 0.15) is 0 Å². The summed E-state index contributed by atoms with van der Waals surface area (Å²) in [4.78, 5) is 4.43. The zero-order chi connectivity index (χ0) is 11.5. The van der Waals surface area contributed by atoms with E-state index in [2.05, 4.69) is 22.4 Å². The number of nitrogens with two attached hydrogens (primary N) is 1. The van der Waals surface area contributed by atoms with Gasteiger partial charge in [0, 0.05) is 23.7 Å². The minimum atomic E-state index is -0.0785. The molecule has 0 aliphatic rings. The van der Waals surface area contributed by atoms with Gasteiger partial charge in [-0.15, -0.1) is 11.3 Å². The Hall–Kier alpha value is -1.24. The van der Waals surface area contributed by atoms with Crippen molar-refractivity contribution in [3.8, 4) is 0 Å². The molecule has 0 aliphatic heterocycles. The van der Waals surface area contributed by atoms with Crippen LogP contribution >= 0.6 is 11.3 Å². The molecule has 0 aliphatic carbocycles. The predicted molar refractivity (Wildman–Crippen MR) is 63.9 cm³/mol. The zero-order valence-electron chi connectivity index (χ0n) is 9.34. The number of hydrogen-bond donors (Lipinski definition) is 2. The van der Waals surface area contributed by atoms with Crippen LogP contribution in [0.5, 0.6) is 0 Å². The smallest absolute Gasteiger partial charge is 0.0920 e. The molecular weight excluding hydrogens is 222 g/mol. The van der Waals surface area contributed by atoms with Gasteiger partial charge in [-0.25, -0.2) is 10.4 Å². The first-order chi connectivity index (χ1) is 7.74. The molecule has 6 heteroatoms. The van der Waals surface area contributed by atoms with Crippen LogP contribution in [0.1, 0.15) is 29.2 Å². The Morgan fingerprint density at radius 3 is 2.94 bits per heavy atom. The summed E-state index contributed by atoms with van der Waals surface area (Å²) in [5.41, 5.74) is 4.76. The average Bonchev–Trinajstić information content (AvgIpc) is 2.89. The Labute approximate surface area is 98.3 Å². The first-order valence-electron chi connectivity index (χ1n) is 5.15. The molecular formula is C10H15N5S. The molecule has 2 aromatic rings. The van der Waals surface area contributed by atoms with Crippen LogP contribution in [-0.4, -0.2) is 14.8 Å². The second kappa shape index (κ2) is 4.73. The van der Waals surface area contributed by atoms with Crippen molar-refractivity contribution in [1.29, 1.82) is 0 Å². The summed E-state index contributed by atoms with van der Waals surface area (Å²) in [5, 5.41) is 7.29. The third kappa shape index (κ3) is 2.13. The first-order valence-corrected chi connectivity index (χ1v) is 6.03. The van der Waals surface area contributed by atoms with Crippen molar-refractivity contribution in [1.82, 2.24) is 20.2 Å². The lowest BCUT2D eigenvalue weighted by molar-refractivity contribution is 0.618. The van der Waals surface area contributed by atoms with Gasteiger partial charge in [-0.05, 0) is 13.8 Å². The molecule has 2 aromatic heterocycles. The number of hydrazine groups is 1. The highest BCUT2D eigenvalue weighted by molar-refractivity contribution is 7.09. The number of rotatable bonds is 4. The van der Waals surface area contributed by atoms with E-state index < -0.39 is 0 Å². The van der Waals surface area contributed by atoms with E-state index in [1.165, 1.54) is 0 Å². The van der Waals surface area contributed by atoms with Crippen molar-refractivity contribution < 1.29 is 0 Å². The topological polar surface area (TPSA) is 68.8 Å². The molecule has 1 unspecified atom stereocenters. The van der Waals surface area contributed by atoms with Crippen molar-refractivity contribution in [3.63, 3.8) is 0 Å². The Kier molecular flexibility index (Phi) is 3.33. The van der Waals surface area contributed by atoms with Crippen LogP contribution in [0, 0.1) is 6.92 Å². The van der Waals surface area contributed by atoms with Gasteiger partial charge in [-0.3, -0.25) is 10.5 Å². The maximum atomic E-state index is 5.57. The molecule has 0 saturated carbocycles. The molecule has 3 N–H and O–H groups in total. The molecule has 1 atom stereocenters. The van der Waals surface area contributed by atoms with E-state index in [-0.39, 0.29) is 6.04 Å². The summed E-state index contributed by atoms with van der Waals surface area (Å²) in [6.45, 7) is 4.89. The van der Waals surface area contributed by atoms with Crippen molar-refractivity contribution >= 4 is 11.3 Å². The zero-order valence-corrected chi connectivity index (χ0v) is 10.2. The van der Waals surface area contributed by atoms with E-state index in [0.717, 1.165) is 22.8 Å².